The van der Waals surface area contributed by atoms with Gasteiger partial charge >= 0.3 is 0 Å². The molecule has 0 radical (unpaired) electrons. The molecule has 21 heavy (non-hydrogen) atoms. The van der Waals surface area contributed by atoms with Crippen molar-refractivity contribution in [2.45, 2.75) is 6.04 Å². The highest BCUT2D eigenvalue weighted by Gasteiger charge is 2.11. The summed E-state index contributed by atoms with van der Waals surface area (Å²) in [5.41, 5.74) is 7.23. The molecule has 2 aromatic carbocycles. The van der Waals surface area contributed by atoms with Crippen molar-refractivity contribution < 1.29 is 9.72 Å². The molecule has 1 unspecified atom stereocenters. The van der Waals surface area contributed by atoms with Crippen LogP contribution in [0.5, 0.6) is 0 Å². The molecular formula is C15H15N3O3. The number of amides is 1. The Labute approximate surface area is 121 Å². The lowest BCUT2D eigenvalue weighted by atomic mass is 10.1. The van der Waals surface area contributed by atoms with Crippen molar-refractivity contribution in [1.82, 2.24) is 5.32 Å². The zero-order chi connectivity index (χ0) is 15.2. The fraction of sp³-hybridized carbons (Fsp3) is 0.133. The molecular weight excluding hydrogens is 270 g/mol. The maximum atomic E-state index is 11.9. The second kappa shape index (κ2) is 6.62. The van der Waals surface area contributed by atoms with E-state index in [4.69, 9.17) is 5.73 Å². The van der Waals surface area contributed by atoms with Crippen LogP contribution in [0.2, 0.25) is 0 Å². The van der Waals surface area contributed by atoms with Crippen molar-refractivity contribution in [2.24, 2.45) is 5.73 Å². The van der Waals surface area contributed by atoms with Crippen LogP contribution < -0.4 is 11.1 Å². The number of carbonyl (C=O) groups excluding carboxylic acids is 1. The fourth-order valence-electron chi connectivity index (χ4n) is 1.86. The number of benzene rings is 2. The van der Waals surface area contributed by atoms with Crippen LogP contribution in [0.1, 0.15) is 22.0 Å². The van der Waals surface area contributed by atoms with Gasteiger partial charge in [-0.1, -0.05) is 30.3 Å². The van der Waals surface area contributed by atoms with Crippen molar-refractivity contribution in [3.63, 3.8) is 0 Å². The molecule has 108 valence electrons. The second-order valence-corrected chi connectivity index (χ2v) is 4.53. The number of rotatable bonds is 5. The number of nitrogens with one attached hydrogen (secondary N) is 1. The Hall–Kier alpha value is -2.73. The van der Waals surface area contributed by atoms with E-state index in [1.54, 1.807) is 0 Å². The number of hydrogen-bond donors (Lipinski definition) is 2. The third-order valence-electron chi connectivity index (χ3n) is 3.05. The molecule has 6 nitrogen and oxygen atoms in total. The Bertz CT molecular complexity index is 626. The quantitative estimate of drug-likeness (QED) is 0.648. The first-order valence-corrected chi connectivity index (χ1v) is 6.41. The highest BCUT2D eigenvalue weighted by molar-refractivity contribution is 5.94. The first kappa shape index (κ1) is 14.7. The maximum absolute atomic E-state index is 11.9. The highest BCUT2D eigenvalue weighted by atomic mass is 16.6. The Morgan fingerprint density at radius 2 is 1.76 bits per heavy atom. The molecule has 6 heteroatoms. The number of nitro benzene ring substituents is 1. The molecule has 0 saturated heterocycles. The van der Waals surface area contributed by atoms with E-state index in [-0.39, 0.29) is 17.6 Å². The molecule has 0 bridgehead atoms. The molecule has 1 amide bonds. The summed E-state index contributed by atoms with van der Waals surface area (Å²) in [7, 11) is 0. The van der Waals surface area contributed by atoms with Crippen molar-refractivity contribution >= 4 is 11.6 Å². The first-order valence-electron chi connectivity index (χ1n) is 6.41. The van der Waals surface area contributed by atoms with E-state index in [0.717, 1.165) is 5.56 Å². The molecule has 1 atom stereocenters. The molecule has 0 aliphatic carbocycles. The smallest absolute Gasteiger partial charge is 0.269 e. The van der Waals surface area contributed by atoms with Gasteiger partial charge in [-0.2, -0.15) is 0 Å². The SMILES string of the molecule is NC(CNC(=O)c1ccc([N+](=O)[O-])cc1)c1ccccc1. The summed E-state index contributed by atoms with van der Waals surface area (Å²) in [5, 5.41) is 13.3. The minimum Gasteiger partial charge on any atom is -0.350 e. The first-order chi connectivity index (χ1) is 10.1. The fourth-order valence-corrected chi connectivity index (χ4v) is 1.86. The number of non-ortho nitro benzene ring substituents is 1. The highest BCUT2D eigenvalue weighted by Crippen LogP contribution is 2.12. The van der Waals surface area contributed by atoms with E-state index in [0.29, 0.717) is 12.1 Å². The summed E-state index contributed by atoms with van der Waals surface area (Å²) in [4.78, 5) is 22.0. The van der Waals surface area contributed by atoms with E-state index in [9.17, 15) is 14.9 Å². The van der Waals surface area contributed by atoms with Crippen LogP contribution in [0.15, 0.2) is 54.6 Å². The third kappa shape index (κ3) is 3.87. The largest absolute Gasteiger partial charge is 0.350 e. The lowest BCUT2D eigenvalue weighted by Gasteiger charge is -2.13. The number of nitrogens with zero attached hydrogens (tertiary/aromatic N) is 1. The molecule has 2 aromatic rings. The van der Waals surface area contributed by atoms with Crippen LogP contribution in [0, 0.1) is 10.1 Å². The van der Waals surface area contributed by atoms with Gasteiger partial charge in [-0.25, -0.2) is 0 Å². The summed E-state index contributed by atoms with van der Waals surface area (Å²) in [6, 6.07) is 14.6. The second-order valence-electron chi connectivity index (χ2n) is 4.53. The molecule has 0 heterocycles. The maximum Gasteiger partial charge on any atom is 0.269 e. The van der Waals surface area contributed by atoms with E-state index in [1.807, 2.05) is 30.3 Å². The van der Waals surface area contributed by atoms with Crippen molar-refractivity contribution in [2.75, 3.05) is 6.54 Å². The van der Waals surface area contributed by atoms with Crippen LogP contribution in [-0.2, 0) is 0 Å². The Morgan fingerprint density at radius 3 is 2.33 bits per heavy atom. The van der Waals surface area contributed by atoms with Crippen LogP contribution in [0.25, 0.3) is 0 Å². The van der Waals surface area contributed by atoms with Gasteiger partial charge in [-0.15, -0.1) is 0 Å². The van der Waals surface area contributed by atoms with Gasteiger partial charge in [-0.3, -0.25) is 14.9 Å². The Balaban J connectivity index is 1.94. The van der Waals surface area contributed by atoms with Crippen molar-refractivity contribution in [3.05, 3.63) is 75.8 Å². The van der Waals surface area contributed by atoms with Gasteiger partial charge in [0.2, 0.25) is 0 Å². The topological polar surface area (TPSA) is 98.3 Å². The van der Waals surface area contributed by atoms with Crippen LogP contribution >= 0.6 is 0 Å². The third-order valence-corrected chi connectivity index (χ3v) is 3.05. The lowest BCUT2D eigenvalue weighted by molar-refractivity contribution is -0.384. The number of hydrogen-bond acceptors (Lipinski definition) is 4. The van der Waals surface area contributed by atoms with Gasteiger partial charge in [0.15, 0.2) is 0 Å². The Kier molecular flexibility index (Phi) is 4.63. The van der Waals surface area contributed by atoms with Crippen molar-refractivity contribution in [1.29, 1.82) is 0 Å². The van der Waals surface area contributed by atoms with Gasteiger partial charge in [0, 0.05) is 30.3 Å². The van der Waals surface area contributed by atoms with Gasteiger partial charge in [-0.05, 0) is 17.7 Å². The molecule has 0 aliphatic heterocycles. The van der Waals surface area contributed by atoms with Gasteiger partial charge in [0.1, 0.15) is 0 Å². The predicted octanol–water partition coefficient (Wildman–Crippen LogP) is 2.02. The molecule has 0 saturated carbocycles. The summed E-state index contributed by atoms with van der Waals surface area (Å²) >= 11 is 0. The van der Waals surface area contributed by atoms with E-state index in [1.165, 1.54) is 24.3 Å². The average Bonchev–Trinajstić information content (AvgIpc) is 2.53. The number of nitro groups is 1. The van der Waals surface area contributed by atoms with E-state index in [2.05, 4.69) is 5.32 Å². The molecule has 3 N–H and O–H groups in total. The summed E-state index contributed by atoms with van der Waals surface area (Å²) in [6.45, 7) is 0.292. The number of carbonyl (C=O) groups is 1. The summed E-state index contributed by atoms with van der Waals surface area (Å²) in [5.74, 6) is -0.309. The molecule has 0 spiro atoms. The van der Waals surface area contributed by atoms with Crippen LogP contribution in [-0.4, -0.2) is 17.4 Å². The summed E-state index contributed by atoms with van der Waals surface area (Å²) < 4.78 is 0. The van der Waals surface area contributed by atoms with Gasteiger partial charge in [0.05, 0.1) is 4.92 Å². The summed E-state index contributed by atoms with van der Waals surface area (Å²) in [6.07, 6.45) is 0. The van der Waals surface area contributed by atoms with E-state index >= 15 is 0 Å². The monoisotopic (exact) mass is 285 g/mol. The standard InChI is InChI=1S/C15H15N3O3/c16-14(11-4-2-1-3-5-11)10-17-15(19)12-6-8-13(9-7-12)18(20)21/h1-9,14H,10,16H2,(H,17,19). The van der Waals surface area contributed by atoms with Gasteiger partial charge < -0.3 is 11.1 Å². The zero-order valence-corrected chi connectivity index (χ0v) is 11.2. The molecule has 0 aliphatic rings. The molecule has 2 rings (SSSR count). The molecule has 0 aromatic heterocycles. The normalized spacial score (nSPS) is 11.7. The van der Waals surface area contributed by atoms with Crippen molar-refractivity contribution in [3.8, 4) is 0 Å². The molecule has 0 fully saturated rings. The minimum absolute atomic E-state index is 0.0486. The lowest BCUT2D eigenvalue weighted by Crippen LogP contribution is -2.31. The van der Waals surface area contributed by atoms with Crippen LogP contribution in [0.4, 0.5) is 5.69 Å². The minimum atomic E-state index is -0.507. The number of nitrogens with two attached hydrogens (primary N) is 1. The van der Waals surface area contributed by atoms with Gasteiger partial charge in [0.25, 0.3) is 11.6 Å². The average molecular weight is 285 g/mol. The van der Waals surface area contributed by atoms with E-state index < -0.39 is 4.92 Å². The predicted molar refractivity (Wildman–Crippen MR) is 78.8 cm³/mol. The zero-order valence-electron chi connectivity index (χ0n) is 11.2. The van der Waals surface area contributed by atoms with Crippen LogP contribution in [0.3, 0.4) is 0 Å². The Morgan fingerprint density at radius 1 is 1.14 bits per heavy atom.